The number of sulfonamides is 1. The molecule has 0 saturated carbocycles. The Balaban J connectivity index is 2.27. The van der Waals surface area contributed by atoms with Gasteiger partial charge in [0, 0.05) is 17.3 Å². The van der Waals surface area contributed by atoms with Gasteiger partial charge in [-0.25, -0.2) is 13.6 Å². The molecule has 0 aliphatic rings. The second-order valence-corrected chi connectivity index (χ2v) is 6.94. The van der Waals surface area contributed by atoms with Gasteiger partial charge in [0.2, 0.25) is 10.0 Å². The zero-order valence-corrected chi connectivity index (χ0v) is 13.4. The van der Waals surface area contributed by atoms with Crippen LogP contribution in [-0.2, 0) is 16.6 Å². The molecule has 0 amide bonds. The molecule has 0 radical (unpaired) electrons. The highest BCUT2D eigenvalue weighted by Gasteiger charge is 2.12. The quantitative estimate of drug-likeness (QED) is 0.907. The maximum absolute atomic E-state index is 11.5. The van der Waals surface area contributed by atoms with Crippen molar-refractivity contribution in [2.75, 3.05) is 5.32 Å². The summed E-state index contributed by atoms with van der Waals surface area (Å²) in [7, 11) is -3.71. The SMILES string of the molecule is Cc1cc(S(N)(=O)=O)cc(NCc2ccc(Cl)cc2)c1C. The predicted octanol–water partition coefficient (Wildman–Crippen LogP) is 3.22. The van der Waals surface area contributed by atoms with E-state index in [0.717, 1.165) is 22.4 Å². The number of halogens is 1. The highest BCUT2D eigenvalue weighted by molar-refractivity contribution is 7.89. The van der Waals surface area contributed by atoms with E-state index in [4.69, 9.17) is 16.7 Å². The summed E-state index contributed by atoms with van der Waals surface area (Å²) < 4.78 is 23.0. The Kier molecular flexibility index (Phi) is 4.56. The fourth-order valence-corrected chi connectivity index (χ4v) is 2.72. The molecule has 3 N–H and O–H groups in total. The van der Waals surface area contributed by atoms with Crippen LogP contribution in [0.2, 0.25) is 5.02 Å². The molecular formula is C15H17ClN2O2S. The minimum atomic E-state index is -3.71. The molecule has 21 heavy (non-hydrogen) atoms. The molecule has 0 aliphatic heterocycles. The molecule has 2 rings (SSSR count). The highest BCUT2D eigenvalue weighted by Crippen LogP contribution is 2.24. The standard InChI is InChI=1S/C15H17ClN2O2S/c1-10-7-14(21(17,19)20)8-15(11(10)2)18-9-12-3-5-13(16)6-4-12/h3-8,18H,9H2,1-2H3,(H2,17,19,20). The van der Waals surface area contributed by atoms with Gasteiger partial charge in [-0.1, -0.05) is 23.7 Å². The fourth-order valence-electron chi connectivity index (χ4n) is 1.97. The van der Waals surface area contributed by atoms with Crippen LogP contribution in [0.5, 0.6) is 0 Å². The van der Waals surface area contributed by atoms with Gasteiger partial charge in [-0.2, -0.15) is 0 Å². The summed E-state index contributed by atoms with van der Waals surface area (Å²) in [6.45, 7) is 4.37. The van der Waals surface area contributed by atoms with Crippen molar-refractivity contribution in [2.45, 2.75) is 25.3 Å². The van der Waals surface area contributed by atoms with Gasteiger partial charge >= 0.3 is 0 Å². The first-order valence-corrected chi connectivity index (χ1v) is 8.32. The van der Waals surface area contributed by atoms with Crippen LogP contribution in [-0.4, -0.2) is 8.42 Å². The third-order valence-corrected chi connectivity index (χ3v) is 4.51. The van der Waals surface area contributed by atoms with Crippen molar-refractivity contribution >= 4 is 27.3 Å². The number of nitrogens with one attached hydrogen (secondary N) is 1. The van der Waals surface area contributed by atoms with Crippen molar-refractivity contribution in [3.05, 3.63) is 58.1 Å². The summed E-state index contributed by atoms with van der Waals surface area (Å²) in [4.78, 5) is 0.115. The summed E-state index contributed by atoms with van der Waals surface area (Å²) in [5.41, 5.74) is 3.68. The fraction of sp³-hybridized carbons (Fsp3) is 0.200. The van der Waals surface area contributed by atoms with E-state index in [-0.39, 0.29) is 4.90 Å². The number of nitrogens with two attached hydrogens (primary N) is 1. The van der Waals surface area contributed by atoms with Gasteiger partial charge in [-0.3, -0.25) is 0 Å². The van der Waals surface area contributed by atoms with Gasteiger partial charge in [0.05, 0.1) is 4.90 Å². The van der Waals surface area contributed by atoms with Crippen LogP contribution in [0.25, 0.3) is 0 Å². The van der Waals surface area contributed by atoms with Gasteiger partial charge in [-0.05, 0) is 54.8 Å². The first-order chi connectivity index (χ1) is 9.77. The first-order valence-electron chi connectivity index (χ1n) is 6.40. The number of hydrogen-bond donors (Lipinski definition) is 2. The van der Waals surface area contributed by atoms with Crippen LogP contribution < -0.4 is 10.5 Å². The monoisotopic (exact) mass is 324 g/mol. The number of rotatable bonds is 4. The van der Waals surface area contributed by atoms with Crippen LogP contribution in [0.4, 0.5) is 5.69 Å². The molecule has 2 aromatic rings. The van der Waals surface area contributed by atoms with Crippen LogP contribution in [0.1, 0.15) is 16.7 Å². The molecule has 4 nitrogen and oxygen atoms in total. The number of anilines is 1. The molecule has 2 aromatic carbocycles. The molecule has 112 valence electrons. The Morgan fingerprint density at radius 2 is 1.76 bits per heavy atom. The Bertz CT molecular complexity index is 756. The highest BCUT2D eigenvalue weighted by atomic mass is 35.5. The number of primary sulfonamides is 1. The summed E-state index contributed by atoms with van der Waals surface area (Å²) in [5, 5.41) is 9.12. The zero-order valence-electron chi connectivity index (χ0n) is 11.9. The van der Waals surface area contributed by atoms with Gasteiger partial charge in [0.15, 0.2) is 0 Å². The molecule has 0 heterocycles. The zero-order chi connectivity index (χ0) is 15.6. The first kappa shape index (κ1) is 15.8. The summed E-state index contributed by atoms with van der Waals surface area (Å²) in [5.74, 6) is 0. The lowest BCUT2D eigenvalue weighted by Gasteiger charge is -2.13. The van der Waals surface area contributed by atoms with Crippen LogP contribution in [0, 0.1) is 13.8 Å². The van der Waals surface area contributed by atoms with Crippen molar-refractivity contribution in [3.8, 4) is 0 Å². The Hall–Kier alpha value is -1.56. The van der Waals surface area contributed by atoms with Gasteiger partial charge in [0.1, 0.15) is 0 Å². The Morgan fingerprint density at radius 3 is 2.33 bits per heavy atom. The Labute approximate surface area is 130 Å². The summed E-state index contributed by atoms with van der Waals surface area (Å²) in [6.07, 6.45) is 0. The van der Waals surface area contributed by atoms with E-state index in [1.165, 1.54) is 0 Å². The molecule has 0 bridgehead atoms. The molecule has 0 fully saturated rings. The lowest BCUT2D eigenvalue weighted by Crippen LogP contribution is -2.13. The lowest BCUT2D eigenvalue weighted by molar-refractivity contribution is 0.597. The largest absolute Gasteiger partial charge is 0.381 e. The molecular weight excluding hydrogens is 308 g/mol. The average molecular weight is 325 g/mol. The van der Waals surface area contributed by atoms with Crippen molar-refractivity contribution < 1.29 is 8.42 Å². The second-order valence-electron chi connectivity index (χ2n) is 4.94. The molecule has 0 unspecified atom stereocenters. The van der Waals surface area contributed by atoms with Crippen molar-refractivity contribution in [3.63, 3.8) is 0 Å². The van der Waals surface area contributed by atoms with Crippen LogP contribution >= 0.6 is 11.6 Å². The van der Waals surface area contributed by atoms with E-state index in [1.54, 1.807) is 12.1 Å². The van der Waals surface area contributed by atoms with Crippen molar-refractivity contribution in [1.29, 1.82) is 0 Å². The van der Waals surface area contributed by atoms with E-state index >= 15 is 0 Å². The summed E-state index contributed by atoms with van der Waals surface area (Å²) in [6, 6.07) is 10.6. The predicted molar refractivity (Wildman–Crippen MR) is 86.1 cm³/mol. The van der Waals surface area contributed by atoms with Gasteiger partial charge < -0.3 is 5.32 Å². The third-order valence-electron chi connectivity index (χ3n) is 3.37. The molecule has 0 aromatic heterocycles. The second kappa shape index (κ2) is 6.05. The average Bonchev–Trinajstić information content (AvgIpc) is 2.41. The molecule has 0 aliphatic carbocycles. The number of benzene rings is 2. The van der Waals surface area contributed by atoms with E-state index in [0.29, 0.717) is 11.6 Å². The molecule has 0 saturated heterocycles. The van der Waals surface area contributed by atoms with Crippen LogP contribution in [0.3, 0.4) is 0 Å². The van der Waals surface area contributed by atoms with E-state index < -0.39 is 10.0 Å². The van der Waals surface area contributed by atoms with E-state index in [9.17, 15) is 8.42 Å². The minimum Gasteiger partial charge on any atom is -0.381 e. The maximum atomic E-state index is 11.5. The van der Waals surface area contributed by atoms with E-state index in [2.05, 4.69) is 5.32 Å². The van der Waals surface area contributed by atoms with Gasteiger partial charge in [0.25, 0.3) is 0 Å². The van der Waals surface area contributed by atoms with Crippen molar-refractivity contribution in [2.24, 2.45) is 5.14 Å². The van der Waals surface area contributed by atoms with Gasteiger partial charge in [-0.15, -0.1) is 0 Å². The smallest absolute Gasteiger partial charge is 0.238 e. The Morgan fingerprint density at radius 1 is 1.14 bits per heavy atom. The normalized spacial score (nSPS) is 11.4. The molecule has 0 spiro atoms. The lowest BCUT2D eigenvalue weighted by atomic mass is 10.1. The van der Waals surface area contributed by atoms with Crippen LogP contribution in [0.15, 0.2) is 41.3 Å². The molecule has 6 heteroatoms. The minimum absolute atomic E-state index is 0.115. The third kappa shape index (κ3) is 3.97. The van der Waals surface area contributed by atoms with Crippen molar-refractivity contribution in [1.82, 2.24) is 0 Å². The maximum Gasteiger partial charge on any atom is 0.238 e. The summed E-state index contributed by atoms with van der Waals surface area (Å²) >= 11 is 5.84. The number of aryl methyl sites for hydroxylation is 1. The number of hydrogen-bond acceptors (Lipinski definition) is 3. The van der Waals surface area contributed by atoms with E-state index in [1.807, 2.05) is 38.1 Å². The molecule has 0 atom stereocenters. The topological polar surface area (TPSA) is 72.2 Å².